The minimum absolute atomic E-state index is 0. The van der Waals surface area contributed by atoms with Gasteiger partial charge in [-0.2, -0.15) is 0 Å². The molecule has 0 heterocycles. The number of fused-ring (bicyclic) bond motifs is 1. The molecule has 2 aromatic carbocycles. The molecule has 0 saturated carbocycles. The number of hydrogen-bond acceptors (Lipinski definition) is 3. The smallest absolute Gasteiger partial charge is 0.545 e. The van der Waals surface area contributed by atoms with Gasteiger partial charge in [0.15, 0.2) is 0 Å². The monoisotopic (exact) mass is 322 g/mol. The summed E-state index contributed by atoms with van der Waals surface area (Å²) in [5.74, 6) is -2.12. The van der Waals surface area contributed by atoms with Gasteiger partial charge in [-0.25, -0.2) is 4.79 Å². The van der Waals surface area contributed by atoms with Crippen molar-refractivity contribution >= 4 is 22.7 Å². The summed E-state index contributed by atoms with van der Waals surface area (Å²) in [4.78, 5) is 19.8. The molecular formula is C15H14O4Zn. The van der Waals surface area contributed by atoms with Crippen LogP contribution < -0.4 is 5.11 Å². The molecule has 1 N–H and O–H groups in total. The average molecular weight is 324 g/mol. The molecular weight excluding hydrogens is 310 g/mol. The van der Waals surface area contributed by atoms with Gasteiger partial charge in [-0.05, 0) is 29.0 Å². The second-order valence-corrected chi connectivity index (χ2v) is 3.39. The summed E-state index contributed by atoms with van der Waals surface area (Å²) in [6.07, 6.45) is 0.722. The molecule has 0 unspecified atom stereocenters. The van der Waals surface area contributed by atoms with Gasteiger partial charge in [-0.3, -0.25) is 0 Å². The summed E-state index contributed by atoms with van der Waals surface area (Å²) in [6, 6.07) is 12.8. The molecule has 0 saturated heterocycles. The first-order valence-electron chi connectivity index (χ1n) is 5.10. The Balaban J connectivity index is 0. The summed E-state index contributed by atoms with van der Waals surface area (Å²) in [6.45, 7) is 2.90. The molecule has 0 aliphatic carbocycles. The van der Waals surface area contributed by atoms with Crippen LogP contribution in [0.5, 0.6) is 0 Å². The molecule has 2 aromatic rings. The van der Waals surface area contributed by atoms with Crippen molar-refractivity contribution < 1.29 is 39.3 Å². The summed E-state index contributed by atoms with van der Waals surface area (Å²) >= 11 is 0. The fraction of sp³-hybridized carbons (Fsp3) is 0. The predicted molar refractivity (Wildman–Crippen MR) is 72.5 cm³/mol. The molecule has 5 heteroatoms. The standard InChI is InChI=1S/C11H8O2.C3H4O2.CH3.Zn/c12-11(13)10-6-5-8-3-1-2-4-9(8)7-10;1-2-3(4)5;;/h1-7H,(H,12,13);2H,1H2,(H,4,5);1H3;/q;;-1;+2/p-1. The molecule has 0 atom stereocenters. The predicted octanol–water partition coefficient (Wildman–Crippen LogP) is 1.91. The molecule has 0 amide bonds. The van der Waals surface area contributed by atoms with E-state index in [0.717, 1.165) is 16.8 Å². The number of carbonyl (C=O) groups is 2. The second-order valence-electron chi connectivity index (χ2n) is 3.39. The van der Waals surface area contributed by atoms with Crippen molar-refractivity contribution in [2.75, 3.05) is 0 Å². The van der Waals surface area contributed by atoms with Crippen molar-refractivity contribution in [3.05, 3.63) is 68.1 Å². The van der Waals surface area contributed by atoms with Gasteiger partial charge >= 0.3 is 25.4 Å². The number of aromatic carboxylic acids is 1. The van der Waals surface area contributed by atoms with Crippen LogP contribution in [0.2, 0.25) is 0 Å². The normalized spacial score (nSPS) is 8.20. The van der Waals surface area contributed by atoms with Gasteiger partial charge in [0, 0.05) is 0 Å². The fourth-order valence-electron chi connectivity index (χ4n) is 1.32. The van der Waals surface area contributed by atoms with Gasteiger partial charge in [0.25, 0.3) is 0 Å². The van der Waals surface area contributed by atoms with E-state index in [9.17, 15) is 4.79 Å². The maximum absolute atomic E-state index is 10.6. The number of carboxylic acid groups (broad SMARTS) is 2. The number of aliphatic carboxylic acids is 1. The van der Waals surface area contributed by atoms with Gasteiger partial charge in [0.2, 0.25) is 0 Å². The third-order valence-corrected chi connectivity index (χ3v) is 2.16. The van der Waals surface area contributed by atoms with Gasteiger partial charge in [0.1, 0.15) is 0 Å². The van der Waals surface area contributed by atoms with Crippen LogP contribution >= 0.6 is 0 Å². The molecule has 0 bridgehead atoms. The SMILES string of the molecule is C=CC(=O)[O-].O=C(O)c1ccc2ccccc2c1.[CH3-].[Zn+2]. The molecule has 20 heavy (non-hydrogen) atoms. The average Bonchev–Trinajstić information content (AvgIpc) is 2.38. The quantitative estimate of drug-likeness (QED) is 0.520. The Hall–Kier alpha value is -2.00. The molecule has 0 spiro atoms. The summed E-state index contributed by atoms with van der Waals surface area (Å²) in [7, 11) is 0. The zero-order chi connectivity index (χ0) is 13.5. The third-order valence-electron chi connectivity index (χ3n) is 2.16. The van der Waals surface area contributed by atoms with Crippen LogP contribution in [0.15, 0.2) is 55.1 Å². The molecule has 0 aliphatic heterocycles. The molecule has 0 fully saturated rings. The van der Waals surface area contributed by atoms with E-state index in [1.807, 2.05) is 30.3 Å². The maximum Gasteiger partial charge on any atom is 2.00 e. The van der Waals surface area contributed by atoms with Crippen molar-refractivity contribution in [2.45, 2.75) is 0 Å². The van der Waals surface area contributed by atoms with E-state index < -0.39 is 11.9 Å². The van der Waals surface area contributed by atoms with Gasteiger partial charge in [-0.15, -0.1) is 0 Å². The van der Waals surface area contributed by atoms with E-state index in [4.69, 9.17) is 15.0 Å². The minimum atomic E-state index is -1.23. The first-order chi connectivity index (χ1) is 8.54. The summed E-state index contributed by atoms with van der Waals surface area (Å²) in [5.41, 5.74) is 0.332. The van der Waals surface area contributed by atoms with E-state index in [0.29, 0.717) is 5.56 Å². The molecule has 2 rings (SSSR count). The van der Waals surface area contributed by atoms with E-state index in [-0.39, 0.29) is 26.9 Å². The Kier molecular flexibility index (Phi) is 10.0. The Labute approximate surface area is 130 Å². The number of carboxylic acids is 2. The zero-order valence-electron chi connectivity index (χ0n) is 11.2. The van der Waals surface area contributed by atoms with E-state index >= 15 is 0 Å². The van der Waals surface area contributed by atoms with Crippen molar-refractivity contribution in [2.24, 2.45) is 0 Å². The first kappa shape index (κ1) is 20.3. The van der Waals surface area contributed by atoms with Gasteiger partial charge in [0.05, 0.1) is 11.5 Å². The molecule has 0 aliphatic rings. The van der Waals surface area contributed by atoms with Crippen molar-refractivity contribution in [3.8, 4) is 0 Å². The second kappa shape index (κ2) is 9.87. The summed E-state index contributed by atoms with van der Waals surface area (Å²) in [5, 5.41) is 19.9. The zero-order valence-corrected chi connectivity index (χ0v) is 14.2. The van der Waals surface area contributed by atoms with E-state index in [2.05, 4.69) is 6.58 Å². The van der Waals surface area contributed by atoms with Crippen molar-refractivity contribution in [3.63, 3.8) is 0 Å². The molecule has 0 aromatic heterocycles. The Morgan fingerprint density at radius 3 is 2.05 bits per heavy atom. The topological polar surface area (TPSA) is 77.4 Å². The Bertz CT molecular complexity index is 593. The molecule has 0 radical (unpaired) electrons. The Morgan fingerprint density at radius 2 is 1.60 bits per heavy atom. The number of benzene rings is 2. The number of carbonyl (C=O) groups excluding carboxylic acids is 1. The van der Waals surface area contributed by atoms with Crippen LogP contribution in [0.3, 0.4) is 0 Å². The fourth-order valence-corrected chi connectivity index (χ4v) is 1.32. The van der Waals surface area contributed by atoms with Crippen LogP contribution in [0.1, 0.15) is 10.4 Å². The van der Waals surface area contributed by atoms with Crippen molar-refractivity contribution in [1.29, 1.82) is 0 Å². The van der Waals surface area contributed by atoms with Gasteiger partial charge < -0.3 is 22.4 Å². The van der Waals surface area contributed by atoms with E-state index in [1.54, 1.807) is 12.1 Å². The van der Waals surface area contributed by atoms with Crippen LogP contribution in [-0.4, -0.2) is 17.0 Å². The minimum Gasteiger partial charge on any atom is -0.545 e. The molecule has 100 valence electrons. The molecule has 4 nitrogen and oxygen atoms in total. The first-order valence-corrected chi connectivity index (χ1v) is 5.10. The van der Waals surface area contributed by atoms with Gasteiger partial charge in [-0.1, -0.05) is 36.9 Å². The largest absolute Gasteiger partial charge is 2.00 e. The number of hydrogen-bond donors (Lipinski definition) is 1. The van der Waals surface area contributed by atoms with Crippen LogP contribution in [0, 0.1) is 7.43 Å². The van der Waals surface area contributed by atoms with Crippen LogP contribution in [0.25, 0.3) is 10.8 Å². The van der Waals surface area contributed by atoms with Crippen LogP contribution in [-0.2, 0) is 24.3 Å². The summed E-state index contributed by atoms with van der Waals surface area (Å²) < 4.78 is 0. The maximum atomic E-state index is 10.6. The Morgan fingerprint density at radius 1 is 1.10 bits per heavy atom. The van der Waals surface area contributed by atoms with Crippen molar-refractivity contribution in [1.82, 2.24) is 0 Å². The van der Waals surface area contributed by atoms with E-state index in [1.165, 1.54) is 0 Å². The number of rotatable bonds is 2. The third kappa shape index (κ3) is 6.25. The van der Waals surface area contributed by atoms with Crippen LogP contribution in [0.4, 0.5) is 0 Å².